The van der Waals surface area contributed by atoms with Crippen LogP contribution in [0.25, 0.3) is 0 Å². The van der Waals surface area contributed by atoms with Crippen LogP contribution in [0.15, 0.2) is 11.6 Å². The monoisotopic (exact) mass is 320 g/mol. The van der Waals surface area contributed by atoms with Crippen LogP contribution in [0, 0.1) is 28.6 Å². The number of aliphatic hydroxyl groups is 3. The molecule has 0 unspecified atom stereocenters. The van der Waals surface area contributed by atoms with Crippen molar-refractivity contribution < 1.29 is 20.1 Å². The number of hydrogen-bond donors (Lipinski definition) is 3. The van der Waals surface area contributed by atoms with Gasteiger partial charge in [0.1, 0.15) is 6.10 Å². The second-order valence-corrected chi connectivity index (χ2v) is 8.83. The molecule has 4 aliphatic rings. The van der Waals surface area contributed by atoms with E-state index < -0.39 is 17.6 Å². The van der Waals surface area contributed by atoms with Crippen molar-refractivity contribution in [3.63, 3.8) is 0 Å². The molecule has 0 amide bonds. The molecular formula is C19H28O4. The molecule has 0 radical (unpaired) electrons. The van der Waals surface area contributed by atoms with Crippen LogP contribution in [0.4, 0.5) is 0 Å². The molecule has 0 aliphatic heterocycles. The predicted molar refractivity (Wildman–Crippen MR) is 85.5 cm³/mol. The van der Waals surface area contributed by atoms with Gasteiger partial charge in [0.15, 0.2) is 5.78 Å². The zero-order valence-corrected chi connectivity index (χ0v) is 14.0. The Morgan fingerprint density at radius 2 is 1.78 bits per heavy atom. The SMILES string of the molecule is C[C@]12CC[C@@H](O)CC1=CC[C@H]1[C@@H]3[C@@H](O)[C@@H](O)C(=O)[C@@]3(C)CC[C@@H]12. The normalized spacial score (nSPS) is 55.7. The molecule has 0 aromatic carbocycles. The zero-order chi connectivity index (χ0) is 16.6. The Morgan fingerprint density at radius 3 is 2.52 bits per heavy atom. The van der Waals surface area contributed by atoms with Gasteiger partial charge in [0.25, 0.3) is 0 Å². The Morgan fingerprint density at radius 1 is 1.09 bits per heavy atom. The van der Waals surface area contributed by atoms with E-state index in [-0.39, 0.29) is 29.1 Å². The van der Waals surface area contributed by atoms with Gasteiger partial charge in [-0.05, 0) is 55.8 Å². The maximum Gasteiger partial charge on any atom is 0.170 e. The maximum absolute atomic E-state index is 12.5. The highest BCUT2D eigenvalue weighted by molar-refractivity contribution is 5.92. The minimum atomic E-state index is -1.21. The largest absolute Gasteiger partial charge is 0.393 e. The number of hydrogen-bond acceptors (Lipinski definition) is 4. The van der Waals surface area contributed by atoms with Crippen molar-refractivity contribution in [1.82, 2.24) is 0 Å². The van der Waals surface area contributed by atoms with Crippen molar-refractivity contribution in [1.29, 1.82) is 0 Å². The van der Waals surface area contributed by atoms with Crippen molar-refractivity contribution in [2.45, 2.75) is 70.7 Å². The fraction of sp³-hybridized carbons (Fsp3) is 0.842. The van der Waals surface area contributed by atoms with E-state index in [0.717, 1.165) is 38.5 Å². The fourth-order valence-electron chi connectivity index (χ4n) is 6.50. The minimum absolute atomic E-state index is 0.0831. The Kier molecular flexibility index (Phi) is 3.37. The van der Waals surface area contributed by atoms with E-state index in [9.17, 15) is 20.1 Å². The summed E-state index contributed by atoms with van der Waals surface area (Å²) in [6, 6.07) is 0. The molecule has 4 rings (SSSR count). The van der Waals surface area contributed by atoms with Crippen LogP contribution in [0.5, 0.6) is 0 Å². The molecule has 8 atom stereocenters. The summed E-state index contributed by atoms with van der Waals surface area (Å²) in [7, 11) is 0. The van der Waals surface area contributed by atoms with Crippen LogP contribution in [0.2, 0.25) is 0 Å². The molecule has 3 fully saturated rings. The summed E-state index contributed by atoms with van der Waals surface area (Å²) >= 11 is 0. The van der Waals surface area contributed by atoms with Crippen LogP contribution < -0.4 is 0 Å². The molecule has 0 aromatic heterocycles. The molecule has 0 heterocycles. The van der Waals surface area contributed by atoms with Crippen molar-refractivity contribution in [3.8, 4) is 0 Å². The first kappa shape index (κ1) is 15.8. The Bertz CT molecular complexity index is 570. The van der Waals surface area contributed by atoms with Crippen molar-refractivity contribution >= 4 is 5.78 Å². The number of allylic oxidation sites excluding steroid dienone is 1. The van der Waals surface area contributed by atoms with Gasteiger partial charge >= 0.3 is 0 Å². The van der Waals surface area contributed by atoms with Gasteiger partial charge in [0, 0.05) is 11.3 Å². The number of fused-ring (bicyclic) bond motifs is 5. The number of carbonyl (C=O) groups is 1. The first-order valence-corrected chi connectivity index (χ1v) is 9.07. The standard InChI is InChI=1S/C19H28O4/c1-18-7-5-11(20)9-10(18)3-4-12-13(18)6-8-19(2)14(12)15(21)16(22)17(19)23/h3,11-16,20-22H,4-9H2,1-2H3/t11-,12-,13+,14-,15-,16-,18+,19+/m1/s1. The molecular weight excluding hydrogens is 292 g/mol. The van der Waals surface area contributed by atoms with E-state index in [2.05, 4.69) is 13.0 Å². The van der Waals surface area contributed by atoms with Crippen molar-refractivity contribution in [2.75, 3.05) is 0 Å². The lowest BCUT2D eigenvalue weighted by Gasteiger charge is -2.57. The Hall–Kier alpha value is -0.710. The van der Waals surface area contributed by atoms with Gasteiger partial charge in [0.05, 0.1) is 12.2 Å². The second kappa shape index (κ2) is 4.90. The summed E-state index contributed by atoms with van der Waals surface area (Å²) in [6.45, 7) is 4.26. The highest BCUT2D eigenvalue weighted by Crippen LogP contribution is 2.63. The van der Waals surface area contributed by atoms with Gasteiger partial charge in [-0.15, -0.1) is 0 Å². The van der Waals surface area contributed by atoms with Crippen molar-refractivity contribution in [3.05, 3.63) is 11.6 Å². The lowest BCUT2D eigenvalue weighted by molar-refractivity contribution is -0.136. The summed E-state index contributed by atoms with van der Waals surface area (Å²) in [5.41, 5.74) is 0.885. The van der Waals surface area contributed by atoms with E-state index in [1.54, 1.807) is 0 Å². The molecule has 0 saturated heterocycles. The smallest absolute Gasteiger partial charge is 0.170 e. The van der Waals surface area contributed by atoms with E-state index in [4.69, 9.17) is 0 Å². The second-order valence-electron chi connectivity index (χ2n) is 8.83. The Balaban J connectivity index is 1.73. The molecule has 3 saturated carbocycles. The predicted octanol–water partition coefficient (Wildman–Crippen LogP) is 1.82. The summed E-state index contributed by atoms with van der Waals surface area (Å²) in [5.74, 6) is 0.410. The van der Waals surface area contributed by atoms with E-state index in [1.165, 1.54) is 5.57 Å². The van der Waals surface area contributed by atoms with E-state index in [1.807, 2.05) is 6.92 Å². The molecule has 4 heteroatoms. The summed E-state index contributed by atoms with van der Waals surface area (Å²) in [4.78, 5) is 12.5. The number of carbonyl (C=O) groups excluding carboxylic acids is 1. The third-order valence-electron chi connectivity index (χ3n) is 7.85. The quantitative estimate of drug-likeness (QED) is 0.595. The van der Waals surface area contributed by atoms with Gasteiger partial charge in [-0.25, -0.2) is 0 Å². The minimum Gasteiger partial charge on any atom is -0.393 e. The van der Waals surface area contributed by atoms with Crippen LogP contribution in [0.1, 0.15) is 52.4 Å². The molecule has 0 bridgehead atoms. The molecule has 4 aliphatic carbocycles. The molecule has 4 nitrogen and oxygen atoms in total. The molecule has 0 aromatic rings. The number of aliphatic hydroxyl groups excluding tert-OH is 3. The summed E-state index contributed by atoms with van der Waals surface area (Å²) in [5, 5.41) is 30.7. The molecule has 128 valence electrons. The molecule has 0 spiro atoms. The van der Waals surface area contributed by atoms with Crippen molar-refractivity contribution in [2.24, 2.45) is 28.6 Å². The van der Waals surface area contributed by atoms with Crippen LogP contribution in [-0.4, -0.2) is 39.4 Å². The number of rotatable bonds is 0. The number of ketones is 1. The fourth-order valence-corrected chi connectivity index (χ4v) is 6.50. The average Bonchev–Trinajstić information content (AvgIpc) is 2.69. The van der Waals surface area contributed by atoms with E-state index >= 15 is 0 Å². The Labute approximate surface area is 137 Å². The summed E-state index contributed by atoms with van der Waals surface area (Å²) < 4.78 is 0. The van der Waals surface area contributed by atoms with Crippen LogP contribution in [0.3, 0.4) is 0 Å². The first-order valence-electron chi connectivity index (χ1n) is 9.07. The first-order chi connectivity index (χ1) is 10.8. The lowest BCUT2D eigenvalue weighted by Crippen LogP contribution is -2.52. The van der Waals surface area contributed by atoms with Crippen LogP contribution in [-0.2, 0) is 4.79 Å². The van der Waals surface area contributed by atoms with Crippen LogP contribution >= 0.6 is 0 Å². The highest BCUT2D eigenvalue weighted by Gasteiger charge is 2.64. The summed E-state index contributed by atoms with van der Waals surface area (Å²) in [6.07, 6.45) is 5.09. The molecule has 3 N–H and O–H groups in total. The van der Waals surface area contributed by atoms with Gasteiger partial charge < -0.3 is 15.3 Å². The van der Waals surface area contributed by atoms with Gasteiger partial charge in [-0.3, -0.25) is 4.79 Å². The van der Waals surface area contributed by atoms with Gasteiger partial charge in [-0.1, -0.05) is 25.5 Å². The maximum atomic E-state index is 12.5. The third-order valence-corrected chi connectivity index (χ3v) is 7.85. The van der Waals surface area contributed by atoms with E-state index in [0.29, 0.717) is 5.92 Å². The topological polar surface area (TPSA) is 77.8 Å². The molecule has 23 heavy (non-hydrogen) atoms. The van der Waals surface area contributed by atoms with Gasteiger partial charge in [-0.2, -0.15) is 0 Å². The lowest BCUT2D eigenvalue weighted by atomic mass is 9.48. The zero-order valence-electron chi connectivity index (χ0n) is 14.0. The number of Topliss-reactive ketones (excluding diaryl/α,β-unsaturated/α-hetero) is 1. The third kappa shape index (κ3) is 1.92. The highest BCUT2D eigenvalue weighted by atomic mass is 16.3. The average molecular weight is 320 g/mol. The van der Waals surface area contributed by atoms with Gasteiger partial charge in [0.2, 0.25) is 0 Å².